The van der Waals surface area contributed by atoms with Crippen LogP contribution in [0.25, 0.3) is 22.2 Å². The molecule has 260 valence electrons. The molecule has 1 atom stereocenters. The van der Waals surface area contributed by atoms with Crippen LogP contribution in [0, 0.1) is 17.0 Å². The maximum absolute atomic E-state index is 15.1. The molecule has 18 heteroatoms. The average molecular weight is 709 g/mol. The second kappa shape index (κ2) is 12.3. The van der Waals surface area contributed by atoms with Crippen molar-refractivity contribution in [1.29, 1.82) is 0 Å². The van der Waals surface area contributed by atoms with Crippen LogP contribution < -0.4 is 21.5 Å². The maximum atomic E-state index is 15.1. The number of piperazine rings is 1. The number of benzene rings is 1. The Morgan fingerprint density at radius 3 is 2.49 bits per heavy atom. The number of nitrogens with one attached hydrogen (secondary N) is 1. The fraction of sp³-hybridized carbons (Fsp3) is 0.387. The molecule has 1 aliphatic heterocycles. The molecule has 0 unspecified atom stereocenters. The highest BCUT2D eigenvalue weighted by Gasteiger charge is 2.63. The van der Waals surface area contributed by atoms with E-state index in [2.05, 4.69) is 15.3 Å². The lowest BCUT2D eigenvalue weighted by Crippen LogP contribution is -2.54. The van der Waals surface area contributed by atoms with E-state index in [0.29, 0.717) is 25.5 Å². The first-order valence-electron chi connectivity index (χ1n) is 15.1. The van der Waals surface area contributed by atoms with E-state index in [-0.39, 0.29) is 52.7 Å². The van der Waals surface area contributed by atoms with Gasteiger partial charge in [-0.15, -0.1) is 0 Å². The van der Waals surface area contributed by atoms with Gasteiger partial charge < -0.3 is 30.2 Å². The molecule has 2 amide bonds. The van der Waals surface area contributed by atoms with Crippen LogP contribution in [-0.2, 0) is 18.4 Å². The predicted molar refractivity (Wildman–Crippen MR) is 169 cm³/mol. The Morgan fingerprint density at radius 2 is 1.86 bits per heavy atom. The van der Waals surface area contributed by atoms with Crippen LogP contribution in [0.2, 0.25) is 5.02 Å². The van der Waals surface area contributed by atoms with E-state index in [9.17, 15) is 37.1 Å². The van der Waals surface area contributed by atoms with E-state index in [1.54, 1.807) is 0 Å². The van der Waals surface area contributed by atoms with Crippen LogP contribution >= 0.6 is 11.6 Å². The van der Waals surface area contributed by atoms with Crippen molar-refractivity contribution in [3.05, 3.63) is 63.4 Å². The fourth-order valence-electron chi connectivity index (χ4n) is 6.24. The molecule has 1 saturated carbocycles. The number of rotatable bonds is 8. The summed E-state index contributed by atoms with van der Waals surface area (Å²) in [4.78, 5) is 50.6. The maximum Gasteiger partial charge on any atom is 0.395 e. The van der Waals surface area contributed by atoms with Crippen molar-refractivity contribution in [2.45, 2.75) is 38.5 Å². The Bertz CT molecular complexity index is 2060. The topological polar surface area (TPSA) is 152 Å². The van der Waals surface area contributed by atoms with E-state index in [0.717, 1.165) is 10.6 Å². The Morgan fingerprint density at radius 1 is 1.14 bits per heavy atom. The summed E-state index contributed by atoms with van der Waals surface area (Å²) in [5.41, 5.74) is 1.54. The van der Waals surface area contributed by atoms with Gasteiger partial charge in [-0.25, -0.2) is 14.4 Å². The molecule has 4 heterocycles. The average Bonchev–Trinajstić information content (AvgIpc) is 3.74. The number of halogens is 6. The smallest absolute Gasteiger partial charge is 0.395 e. The number of anilines is 2. The zero-order valence-electron chi connectivity index (χ0n) is 26.1. The number of aromatic hydroxyl groups is 1. The predicted octanol–water partition coefficient (Wildman–Crippen LogP) is 4.02. The minimum atomic E-state index is -4.24. The molecule has 4 aromatic rings. The zero-order chi connectivity index (χ0) is 35.6. The minimum Gasteiger partial charge on any atom is -0.504 e. The number of aromatic nitrogens is 4. The van der Waals surface area contributed by atoms with Crippen molar-refractivity contribution < 1.29 is 36.6 Å². The molecular formula is C31H30ClF5N8O4. The van der Waals surface area contributed by atoms with Gasteiger partial charge >= 0.3 is 6.18 Å². The third-order valence-electron chi connectivity index (χ3n) is 9.09. The third-order valence-corrected chi connectivity index (χ3v) is 9.39. The molecule has 2 fully saturated rings. The third kappa shape index (κ3) is 6.16. The van der Waals surface area contributed by atoms with Gasteiger partial charge in [0.2, 0.25) is 11.7 Å². The van der Waals surface area contributed by atoms with E-state index in [1.807, 2.05) is 16.7 Å². The van der Waals surface area contributed by atoms with E-state index >= 15 is 4.39 Å². The summed E-state index contributed by atoms with van der Waals surface area (Å²) < 4.78 is 72.6. The SMILES string of the molecule is C[C@H]1CN(CC2(C(F)(F)F)CC2)CCN1c1cc(NC(=O)Cn2cc(-c3cc(C(N)=O)c(O)c(F)c3F)c3c(=O)n(C)cnc32)c(Cl)cn1. The largest absolute Gasteiger partial charge is 0.504 e. The Hall–Kier alpha value is -4.77. The molecule has 49 heavy (non-hydrogen) atoms. The minimum absolute atomic E-state index is 0.0542. The van der Waals surface area contributed by atoms with Gasteiger partial charge in [0, 0.05) is 62.7 Å². The lowest BCUT2D eigenvalue weighted by atomic mass is 10.0. The quantitative estimate of drug-likeness (QED) is 0.232. The molecule has 1 saturated heterocycles. The second-order valence-corrected chi connectivity index (χ2v) is 12.9. The highest BCUT2D eigenvalue weighted by Crippen LogP contribution is 2.58. The van der Waals surface area contributed by atoms with Gasteiger partial charge in [0.25, 0.3) is 11.5 Å². The summed E-state index contributed by atoms with van der Waals surface area (Å²) in [5, 5.41) is 12.5. The summed E-state index contributed by atoms with van der Waals surface area (Å²) in [6.07, 6.45) is -0.298. The number of aryl methyl sites for hydroxylation is 1. The van der Waals surface area contributed by atoms with Gasteiger partial charge in [-0.05, 0) is 25.8 Å². The van der Waals surface area contributed by atoms with Crippen LogP contribution in [-0.4, -0.2) is 79.3 Å². The standard InChI is InChI=1S/C31H30ClF5N8O4/c1-15-10-43(13-30(3-4-30)31(35,36)37)5-6-45(15)21-8-20(19(32)9-39-21)41-22(46)12-44-11-18(23-28(44)40-14-42(2)29(23)49)16-7-17(27(38)48)26(47)25(34)24(16)33/h7-9,11,14-15,47H,3-6,10,12-13H2,1-2H3,(H2,38,48)(H,39,41,46)/t15-/m0/s1. The Labute approximate surface area is 279 Å². The van der Waals surface area contributed by atoms with Gasteiger partial charge in [-0.2, -0.15) is 17.6 Å². The number of carbonyl (C=O) groups excluding carboxylic acids is 2. The van der Waals surface area contributed by atoms with Crippen LogP contribution in [0.4, 0.5) is 33.5 Å². The van der Waals surface area contributed by atoms with Crippen molar-refractivity contribution in [1.82, 2.24) is 24.0 Å². The molecule has 0 bridgehead atoms. The summed E-state index contributed by atoms with van der Waals surface area (Å²) in [7, 11) is 1.38. The van der Waals surface area contributed by atoms with Crippen LogP contribution in [0.5, 0.6) is 5.75 Å². The first-order chi connectivity index (χ1) is 23.0. The van der Waals surface area contributed by atoms with Crippen molar-refractivity contribution in [3.63, 3.8) is 0 Å². The van der Waals surface area contributed by atoms with E-state index < -0.39 is 64.0 Å². The molecule has 2 aliphatic rings. The second-order valence-electron chi connectivity index (χ2n) is 12.5. The number of alkyl halides is 3. The number of phenols is 1. The first-order valence-corrected chi connectivity index (χ1v) is 15.5. The number of carbonyl (C=O) groups is 2. The number of primary amides is 1. The molecule has 1 aromatic carbocycles. The lowest BCUT2D eigenvalue weighted by Gasteiger charge is -2.42. The number of amides is 2. The summed E-state index contributed by atoms with van der Waals surface area (Å²) >= 11 is 6.36. The highest BCUT2D eigenvalue weighted by molar-refractivity contribution is 6.33. The zero-order valence-corrected chi connectivity index (χ0v) is 26.9. The molecular weight excluding hydrogens is 679 g/mol. The summed E-state index contributed by atoms with van der Waals surface area (Å²) in [6, 6.07) is 2.15. The Kier molecular flexibility index (Phi) is 8.55. The van der Waals surface area contributed by atoms with Gasteiger partial charge in [-0.1, -0.05) is 11.6 Å². The summed E-state index contributed by atoms with van der Waals surface area (Å²) in [5.74, 6) is -6.06. The molecule has 0 spiro atoms. The van der Waals surface area contributed by atoms with Gasteiger partial charge in [-0.3, -0.25) is 19.3 Å². The number of fused-ring (bicyclic) bond motifs is 1. The molecule has 0 radical (unpaired) electrons. The molecule has 4 N–H and O–H groups in total. The molecule has 1 aliphatic carbocycles. The number of nitrogens with zero attached hydrogens (tertiary/aromatic N) is 6. The van der Waals surface area contributed by atoms with Crippen molar-refractivity contribution in [2.24, 2.45) is 18.2 Å². The van der Waals surface area contributed by atoms with Gasteiger partial charge in [0.15, 0.2) is 11.6 Å². The van der Waals surface area contributed by atoms with Crippen LogP contribution in [0.3, 0.4) is 0 Å². The van der Waals surface area contributed by atoms with Crippen LogP contribution in [0.15, 0.2) is 35.6 Å². The van der Waals surface area contributed by atoms with E-state index in [1.165, 1.54) is 36.4 Å². The van der Waals surface area contributed by atoms with Crippen molar-refractivity contribution >= 4 is 46.0 Å². The molecule has 6 rings (SSSR count). The number of nitrogens with two attached hydrogens (primary N) is 1. The van der Waals surface area contributed by atoms with Crippen LogP contribution in [0.1, 0.15) is 30.1 Å². The molecule has 12 nitrogen and oxygen atoms in total. The normalized spacial score (nSPS) is 17.8. The van der Waals surface area contributed by atoms with E-state index in [4.69, 9.17) is 17.3 Å². The first kappa shape index (κ1) is 34.1. The number of hydrogen-bond donors (Lipinski definition) is 3. The number of hydrogen-bond acceptors (Lipinski definition) is 8. The fourth-order valence-corrected chi connectivity index (χ4v) is 6.39. The lowest BCUT2D eigenvalue weighted by molar-refractivity contribution is -0.192. The monoisotopic (exact) mass is 708 g/mol. The van der Waals surface area contributed by atoms with Crippen molar-refractivity contribution in [2.75, 3.05) is 36.4 Å². The Balaban J connectivity index is 1.24. The number of pyridine rings is 1. The van der Waals surface area contributed by atoms with Gasteiger partial charge in [0.1, 0.15) is 18.0 Å². The molecule has 3 aromatic heterocycles. The van der Waals surface area contributed by atoms with Gasteiger partial charge in [0.05, 0.1) is 39.6 Å². The summed E-state index contributed by atoms with van der Waals surface area (Å²) in [6.45, 7) is 2.49. The highest BCUT2D eigenvalue weighted by atomic mass is 35.5. The van der Waals surface area contributed by atoms with Crippen molar-refractivity contribution in [3.8, 4) is 16.9 Å².